The van der Waals surface area contributed by atoms with Crippen molar-refractivity contribution in [3.63, 3.8) is 0 Å². The number of hydrogen-bond donors (Lipinski definition) is 1. The fourth-order valence-corrected chi connectivity index (χ4v) is 2.50. The van der Waals surface area contributed by atoms with Crippen LogP contribution in [-0.4, -0.2) is 5.11 Å². The normalized spacial score (nSPS) is 11.8. The van der Waals surface area contributed by atoms with Gasteiger partial charge in [0.05, 0.1) is 0 Å². The molecule has 1 aromatic rings. The number of phenolic OH excluding ortho intramolecular Hbond substituents is 1. The summed E-state index contributed by atoms with van der Waals surface area (Å²) in [7, 11) is 0. The first-order valence-electron chi connectivity index (χ1n) is 7.69. The summed E-state index contributed by atoms with van der Waals surface area (Å²) in [6.07, 6.45) is 7.70. The van der Waals surface area contributed by atoms with Gasteiger partial charge in [-0.2, -0.15) is 0 Å². The van der Waals surface area contributed by atoms with Crippen LogP contribution >= 0.6 is 0 Å². The van der Waals surface area contributed by atoms with Crippen molar-refractivity contribution in [1.29, 1.82) is 0 Å². The number of phenols is 1. The maximum atomic E-state index is 10.2. The Kier molecular flexibility index (Phi) is 5.90. The van der Waals surface area contributed by atoms with Crippen LogP contribution in [0, 0.1) is 6.92 Å². The van der Waals surface area contributed by atoms with Crippen LogP contribution in [-0.2, 0) is 11.8 Å². The largest absolute Gasteiger partial charge is 0.507 e. The van der Waals surface area contributed by atoms with Crippen molar-refractivity contribution in [2.75, 3.05) is 0 Å². The van der Waals surface area contributed by atoms with Gasteiger partial charge in [-0.3, -0.25) is 0 Å². The van der Waals surface area contributed by atoms with Gasteiger partial charge in [0.1, 0.15) is 5.75 Å². The van der Waals surface area contributed by atoms with Crippen LogP contribution in [0.15, 0.2) is 12.1 Å². The molecule has 0 radical (unpaired) electrons. The first-order chi connectivity index (χ1) is 8.86. The molecule has 0 unspecified atom stereocenters. The predicted molar refractivity (Wildman–Crippen MR) is 84.0 cm³/mol. The second-order valence-electron chi connectivity index (χ2n) is 6.72. The van der Waals surface area contributed by atoms with E-state index in [2.05, 4.69) is 39.8 Å². The maximum Gasteiger partial charge on any atom is 0.122 e. The minimum atomic E-state index is 0.00701. The zero-order valence-corrected chi connectivity index (χ0v) is 13.3. The molecule has 19 heavy (non-hydrogen) atoms. The molecule has 108 valence electrons. The minimum Gasteiger partial charge on any atom is -0.507 e. The Labute approximate surface area is 119 Å². The number of aryl methyl sites for hydroxylation is 2. The highest BCUT2D eigenvalue weighted by atomic mass is 16.3. The molecule has 0 aromatic heterocycles. The number of hydrogen-bond acceptors (Lipinski definition) is 1. The molecule has 0 aliphatic carbocycles. The van der Waals surface area contributed by atoms with E-state index in [-0.39, 0.29) is 5.41 Å². The quantitative estimate of drug-likeness (QED) is 0.670. The Morgan fingerprint density at radius 1 is 1.00 bits per heavy atom. The highest BCUT2D eigenvalue weighted by Crippen LogP contribution is 2.34. The first-order valence-corrected chi connectivity index (χ1v) is 7.69. The zero-order valence-electron chi connectivity index (χ0n) is 13.3. The van der Waals surface area contributed by atoms with Gasteiger partial charge in [-0.05, 0) is 41.9 Å². The maximum absolute atomic E-state index is 10.2. The summed E-state index contributed by atoms with van der Waals surface area (Å²) in [5.74, 6) is 0.474. The third-order valence-corrected chi connectivity index (χ3v) is 3.74. The van der Waals surface area contributed by atoms with Gasteiger partial charge in [-0.25, -0.2) is 0 Å². The second-order valence-corrected chi connectivity index (χ2v) is 6.72. The van der Waals surface area contributed by atoms with Crippen LogP contribution in [0.1, 0.15) is 76.5 Å². The van der Waals surface area contributed by atoms with E-state index >= 15 is 0 Å². The molecule has 1 N–H and O–H groups in total. The van der Waals surface area contributed by atoms with Gasteiger partial charge in [0.15, 0.2) is 0 Å². The van der Waals surface area contributed by atoms with Crippen LogP contribution in [0.3, 0.4) is 0 Å². The van der Waals surface area contributed by atoms with Gasteiger partial charge in [0.2, 0.25) is 0 Å². The Morgan fingerprint density at radius 2 is 1.63 bits per heavy atom. The number of aromatic hydroxyl groups is 1. The van der Waals surface area contributed by atoms with Crippen molar-refractivity contribution in [3.8, 4) is 5.75 Å². The standard InChI is InChI=1S/C18H30O/c1-6-7-8-9-10-11-15-12-14(2)17(19)16(13-15)18(3,4)5/h12-13,19H,6-11H2,1-5H3. The molecule has 0 amide bonds. The molecule has 0 fully saturated rings. The van der Waals surface area contributed by atoms with E-state index in [4.69, 9.17) is 0 Å². The van der Waals surface area contributed by atoms with Crippen molar-refractivity contribution >= 4 is 0 Å². The summed E-state index contributed by atoms with van der Waals surface area (Å²) >= 11 is 0. The fourth-order valence-electron chi connectivity index (χ4n) is 2.50. The van der Waals surface area contributed by atoms with Crippen LogP contribution in [0.5, 0.6) is 5.75 Å². The average molecular weight is 262 g/mol. The summed E-state index contributed by atoms with van der Waals surface area (Å²) < 4.78 is 0. The Morgan fingerprint density at radius 3 is 2.21 bits per heavy atom. The molecule has 0 spiro atoms. The van der Waals surface area contributed by atoms with Gasteiger partial charge in [0.25, 0.3) is 0 Å². The molecule has 0 atom stereocenters. The summed E-state index contributed by atoms with van der Waals surface area (Å²) in [5.41, 5.74) is 3.47. The van der Waals surface area contributed by atoms with E-state index in [1.54, 1.807) is 0 Å². The molecule has 0 heterocycles. The molecule has 0 bridgehead atoms. The molecular formula is C18H30O. The molecule has 0 saturated heterocycles. The van der Waals surface area contributed by atoms with Crippen molar-refractivity contribution in [3.05, 3.63) is 28.8 Å². The summed E-state index contributed by atoms with van der Waals surface area (Å²) in [6.45, 7) is 10.7. The summed E-state index contributed by atoms with van der Waals surface area (Å²) in [4.78, 5) is 0. The monoisotopic (exact) mass is 262 g/mol. The van der Waals surface area contributed by atoms with E-state index in [9.17, 15) is 5.11 Å². The van der Waals surface area contributed by atoms with E-state index in [0.717, 1.165) is 17.5 Å². The van der Waals surface area contributed by atoms with Crippen LogP contribution in [0.2, 0.25) is 0 Å². The molecule has 1 nitrogen and oxygen atoms in total. The van der Waals surface area contributed by atoms with E-state index in [0.29, 0.717) is 5.75 Å². The van der Waals surface area contributed by atoms with Gasteiger partial charge in [0, 0.05) is 0 Å². The summed E-state index contributed by atoms with van der Waals surface area (Å²) in [6, 6.07) is 4.34. The van der Waals surface area contributed by atoms with Crippen LogP contribution in [0.4, 0.5) is 0 Å². The molecular weight excluding hydrogens is 232 g/mol. The Balaban J connectivity index is 2.72. The van der Waals surface area contributed by atoms with E-state index < -0.39 is 0 Å². The van der Waals surface area contributed by atoms with E-state index in [1.807, 2.05) is 6.92 Å². The van der Waals surface area contributed by atoms with Crippen molar-refractivity contribution < 1.29 is 5.11 Å². The molecule has 0 aliphatic rings. The SMILES string of the molecule is CCCCCCCc1cc(C)c(O)c(C(C)(C)C)c1. The topological polar surface area (TPSA) is 20.2 Å². The average Bonchev–Trinajstić information content (AvgIpc) is 2.31. The smallest absolute Gasteiger partial charge is 0.122 e. The third-order valence-electron chi connectivity index (χ3n) is 3.74. The van der Waals surface area contributed by atoms with Crippen LogP contribution in [0.25, 0.3) is 0 Å². The molecule has 0 saturated carbocycles. The van der Waals surface area contributed by atoms with Gasteiger partial charge >= 0.3 is 0 Å². The lowest BCUT2D eigenvalue weighted by Gasteiger charge is -2.22. The zero-order chi connectivity index (χ0) is 14.5. The molecule has 0 aliphatic heterocycles. The van der Waals surface area contributed by atoms with Crippen molar-refractivity contribution in [2.45, 2.75) is 78.6 Å². The number of rotatable bonds is 6. The number of unbranched alkanes of at least 4 members (excludes halogenated alkanes) is 4. The first kappa shape index (κ1) is 16.1. The van der Waals surface area contributed by atoms with E-state index in [1.165, 1.54) is 37.7 Å². The number of benzene rings is 1. The molecule has 1 heteroatoms. The van der Waals surface area contributed by atoms with Crippen molar-refractivity contribution in [2.24, 2.45) is 0 Å². The third kappa shape index (κ3) is 4.89. The minimum absolute atomic E-state index is 0.00701. The lowest BCUT2D eigenvalue weighted by atomic mass is 9.83. The van der Waals surface area contributed by atoms with Gasteiger partial charge in [-0.15, -0.1) is 0 Å². The molecule has 1 aromatic carbocycles. The highest BCUT2D eigenvalue weighted by molar-refractivity contribution is 5.46. The van der Waals surface area contributed by atoms with Crippen LogP contribution < -0.4 is 0 Å². The van der Waals surface area contributed by atoms with Gasteiger partial charge in [-0.1, -0.05) is 65.5 Å². The summed E-state index contributed by atoms with van der Waals surface area (Å²) in [5, 5.41) is 10.2. The van der Waals surface area contributed by atoms with Gasteiger partial charge < -0.3 is 5.11 Å². The second kappa shape index (κ2) is 6.98. The predicted octanol–water partition coefficient (Wildman–Crippen LogP) is 5.51. The highest BCUT2D eigenvalue weighted by Gasteiger charge is 2.19. The molecule has 1 rings (SSSR count). The lowest BCUT2D eigenvalue weighted by Crippen LogP contribution is -2.12. The van der Waals surface area contributed by atoms with Crippen molar-refractivity contribution in [1.82, 2.24) is 0 Å². The lowest BCUT2D eigenvalue weighted by molar-refractivity contribution is 0.442. The Hall–Kier alpha value is -0.980. The fraction of sp³-hybridized carbons (Fsp3) is 0.667. The Bertz CT molecular complexity index is 399.